The Labute approximate surface area is 134 Å². The average molecular weight is 349 g/mol. The fraction of sp³-hybridized carbons (Fsp3) is 0.438. The second-order valence-electron chi connectivity index (χ2n) is 5.02. The van der Waals surface area contributed by atoms with Gasteiger partial charge in [0.25, 0.3) is 0 Å². The summed E-state index contributed by atoms with van der Waals surface area (Å²) < 4.78 is 0.980. The number of rotatable bonds is 6. The molecule has 0 spiro atoms. The van der Waals surface area contributed by atoms with Crippen LogP contribution in [0.3, 0.4) is 0 Å². The van der Waals surface area contributed by atoms with Crippen molar-refractivity contribution in [2.75, 3.05) is 11.9 Å². The van der Waals surface area contributed by atoms with Crippen LogP contribution in [0.15, 0.2) is 22.9 Å². The topological polar surface area (TPSA) is 50.7 Å². The van der Waals surface area contributed by atoms with Gasteiger partial charge in [-0.15, -0.1) is 0 Å². The van der Waals surface area contributed by atoms with E-state index in [2.05, 4.69) is 45.1 Å². The molecule has 2 rings (SSSR count). The van der Waals surface area contributed by atoms with E-state index < -0.39 is 0 Å². The third kappa shape index (κ3) is 3.79. The molecule has 0 fully saturated rings. The van der Waals surface area contributed by atoms with Crippen molar-refractivity contribution < 1.29 is 0 Å². The molecule has 112 valence electrons. The summed E-state index contributed by atoms with van der Waals surface area (Å²) in [6.07, 6.45) is 6.67. The molecule has 0 amide bonds. The Balaban J connectivity index is 2.50. The minimum Gasteiger partial charge on any atom is -0.369 e. The fourth-order valence-corrected chi connectivity index (χ4v) is 2.62. The van der Waals surface area contributed by atoms with Crippen molar-refractivity contribution in [3.8, 4) is 11.4 Å². The van der Waals surface area contributed by atoms with Crippen molar-refractivity contribution in [1.82, 2.24) is 15.0 Å². The molecule has 0 unspecified atom stereocenters. The first-order valence-corrected chi connectivity index (χ1v) is 8.17. The predicted octanol–water partition coefficient (Wildman–Crippen LogP) is 4.38. The molecule has 2 aromatic heterocycles. The molecule has 5 heteroatoms. The summed E-state index contributed by atoms with van der Waals surface area (Å²) in [5.41, 5.74) is 3.18. The molecule has 0 bridgehead atoms. The van der Waals surface area contributed by atoms with E-state index in [-0.39, 0.29) is 0 Å². The van der Waals surface area contributed by atoms with Crippen LogP contribution in [0.5, 0.6) is 0 Å². The summed E-state index contributed by atoms with van der Waals surface area (Å²) in [6.45, 7) is 7.23. The molecule has 4 nitrogen and oxygen atoms in total. The number of hydrogen-bond donors (Lipinski definition) is 1. The maximum absolute atomic E-state index is 4.74. The Morgan fingerprint density at radius 1 is 1.19 bits per heavy atom. The Bertz CT molecular complexity index is 613. The predicted molar refractivity (Wildman–Crippen MR) is 90.5 cm³/mol. The number of hydrogen-bond acceptors (Lipinski definition) is 4. The van der Waals surface area contributed by atoms with Crippen LogP contribution in [0.4, 0.5) is 5.82 Å². The lowest BCUT2D eigenvalue weighted by Gasteiger charge is -2.13. The molecule has 0 aliphatic carbocycles. The second kappa shape index (κ2) is 7.50. The molecule has 0 atom stereocenters. The Morgan fingerprint density at radius 3 is 2.67 bits per heavy atom. The van der Waals surface area contributed by atoms with Gasteiger partial charge in [0.15, 0.2) is 5.82 Å². The highest BCUT2D eigenvalue weighted by Gasteiger charge is 2.14. The second-order valence-corrected chi connectivity index (χ2v) is 5.82. The van der Waals surface area contributed by atoms with Crippen molar-refractivity contribution in [2.24, 2.45) is 0 Å². The third-order valence-electron chi connectivity index (χ3n) is 3.21. The molecule has 1 N–H and O–H groups in total. The van der Waals surface area contributed by atoms with Crippen molar-refractivity contribution in [1.29, 1.82) is 0 Å². The highest BCUT2D eigenvalue weighted by molar-refractivity contribution is 9.10. The van der Waals surface area contributed by atoms with Gasteiger partial charge in [0.1, 0.15) is 5.82 Å². The lowest BCUT2D eigenvalue weighted by Crippen LogP contribution is -2.08. The van der Waals surface area contributed by atoms with Gasteiger partial charge in [0, 0.05) is 24.5 Å². The smallest absolute Gasteiger partial charge is 0.162 e. The molecule has 0 aromatic carbocycles. The SMILES string of the molecule is CCCNc1nc(-c2ccncc2C)nc(CCC)c1Br. The van der Waals surface area contributed by atoms with E-state index >= 15 is 0 Å². The van der Waals surface area contributed by atoms with Crippen molar-refractivity contribution >= 4 is 21.7 Å². The minimum atomic E-state index is 0.764. The normalized spacial score (nSPS) is 10.7. The van der Waals surface area contributed by atoms with E-state index in [1.54, 1.807) is 6.20 Å². The zero-order valence-electron chi connectivity index (χ0n) is 12.8. The van der Waals surface area contributed by atoms with Crippen molar-refractivity contribution in [3.05, 3.63) is 34.2 Å². The van der Waals surface area contributed by atoms with Crippen LogP contribution in [0.2, 0.25) is 0 Å². The fourth-order valence-electron chi connectivity index (χ4n) is 2.10. The van der Waals surface area contributed by atoms with Gasteiger partial charge in [0.2, 0.25) is 0 Å². The zero-order chi connectivity index (χ0) is 15.2. The van der Waals surface area contributed by atoms with Crippen molar-refractivity contribution in [3.63, 3.8) is 0 Å². The number of anilines is 1. The Hall–Kier alpha value is -1.49. The van der Waals surface area contributed by atoms with Crippen molar-refractivity contribution in [2.45, 2.75) is 40.0 Å². The lowest BCUT2D eigenvalue weighted by atomic mass is 10.1. The first-order chi connectivity index (χ1) is 10.2. The lowest BCUT2D eigenvalue weighted by molar-refractivity contribution is 0.864. The van der Waals surface area contributed by atoms with Gasteiger partial charge in [-0.05, 0) is 47.3 Å². The zero-order valence-corrected chi connectivity index (χ0v) is 14.4. The van der Waals surface area contributed by atoms with E-state index in [0.29, 0.717) is 0 Å². The maximum atomic E-state index is 4.74. The van der Waals surface area contributed by atoms with E-state index in [9.17, 15) is 0 Å². The summed E-state index contributed by atoms with van der Waals surface area (Å²) in [5.74, 6) is 1.64. The summed E-state index contributed by atoms with van der Waals surface area (Å²) in [4.78, 5) is 13.6. The van der Waals surface area contributed by atoms with Crippen LogP contribution in [0, 0.1) is 6.92 Å². The van der Waals surface area contributed by atoms with Gasteiger partial charge < -0.3 is 5.32 Å². The monoisotopic (exact) mass is 348 g/mol. The van der Waals surface area contributed by atoms with E-state index in [1.165, 1.54) is 0 Å². The molecule has 0 saturated heterocycles. The Kier molecular flexibility index (Phi) is 5.67. The van der Waals surface area contributed by atoms with Gasteiger partial charge in [-0.1, -0.05) is 20.3 Å². The minimum absolute atomic E-state index is 0.764. The largest absolute Gasteiger partial charge is 0.369 e. The molecule has 0 aliphatic heterocycles. The number of nitrogens with zero attached hydrogens (tertiary/aromatic N) is 3. The summed E-state index contributed by atoms with van der Waals surface area (Å²) in [5, 5.41) is 3.38. The molecular weight excluding hydrogens is 328 g/mol. The van der Waals surface area contributed by atoms with Crippen LogP contribution in [-0.4, -0.2) is 21.5 Å². The molecule has 2 heterocycles. The number of pyridine rings is 1. The third-order valence-corrected chi connectivity index (χ3v) is 4.04. The molecule has 0 radical (unpaired) electrons. The molecule has 2 aromatic rings. The maximum Gasteiger partial charge on any atom is 0.162 e. The number of aromatic nitrogens is 3. The van der Waals surface area contributed by atoms with Crippen LogP contribution < -0.4 is 5.32 Å². The Morgan fingerprint density at radius 2 is 2.00 bits per heavy atom. The summed E-state index contributed by atoms with van der Waals surface area (Å²) in [6, 6.07) is 1.97. The van der Waals surface area contributed by atoms with E-state index in [1.807, 2.05) is 19.2 Å². The van der Waals surface area contributed by atoms with Gasteiger partial charge in [-0.3, -0.25) is 4.98 Å². The number of aryl methyl sites for hydroxylation is 2. The molecule has 0 aliphatic rings. The van der Waals surface area contributed by atoms with Crippen LogP contribution in [0.25, 0.3) is 11.4 Å². The molecular formula is C16H21BrN4. The molecule has 0 saturated carbocycles. The first-order valence-electron chi connectivity index (χ1n) is 7.38. The standard InChI is InChI=1S/C16H21BrN4/c1-4-6-13-14(17)16(19-8-5-2)21-15(20-13)12-7-9-18-10-11(12)3/h7,9-10H,4-6,8H2,1-3H3,(H,19,20,21). The van der Waals surface area contributed by atoms with Gasteiger partial charge >= 0.3 is 0 Å². The van der Waals surface area contributed by atoms with E-state index in [0.717, 1.165) is 58.7 Å². The van der Waals surface area contributed by atoms with Crippen LogP contribution in [-0.2, 0) is 6.42 Å². The number of nitrogens with one attached hydrogen (secondary N) is 1. The average Bonchev–Trinajstić information content (AvgIpc) is 2.49. The van der Waals surface area contributed by atoms with Gasteiger partial charge in [0.05, 0.1) is 10.2 Å². The van der Waals surface area contributed by atoms with Gasteiger partial charge in [-0.2, -0.15) is 0 Å². The summed E-state index contributed by atoms with van der Waals surface area (Å²) in [7, 11) is 0. The summed E-state index contributed by atoms with van der Waals surface area (Å²) >= 11 is 3.64. The quantitative estimate of drug-likeness (QED) is 0.841. The van der Waals surface area contributed by atoms with Crippen LogP contribution >= 0.6 is 15.9 Å². The van der Waals surface area contributed by atoms with E-state index in [4.69, 9.17) is 4.98 Å². The van der Waals surface area contributed by atoms with Gasteiger partial charge in [-0.25, -0.2) is 9.97 Å². The first kappa shape index (κ1) is 15.9. The van der Waals surface area contributed by atoms with Crippen LogP contribution in [0.1, 0.15) is 37.9 Å². The molecule has 21 heavy (non-hydrogen) atoms. The highest BCUT2D eigenvalue weighted by atomic mass is 79.9. The number of halogens is 1. The highest BCUT2D eigenvalue weighted by Crippen LogP contribution is 2.29.